The van der Waals surface area contributed by atoms with Crippen LogP contribution in [0.1, 0.15) is 27.0 Å². The molecule has 1 aromatic heterocycles. The molecule has 1 fully saturated rings. The zero-order valence-electron chi connectivity index (χ0n) is 12.2. The smallest absolute Gasteiger partial charge is 0.351 e. The summed E-state index contributed by atoms with van der Waals surface area (Å²) in [5.41, 5.74) is -2.90. The van der Waals surface area contributed by atoms with E-state index in [1.807, 2.05) is 13.8 Å². The lowest BCUT2D eigenvalue weighted by atomic mass is 9.98. The normalized spacial score (nSPS) is 32.6. The van der Waals surface area contributed by atoms with E-state index in [0.29, 0.717) is 5.82 Å². The number of anilines is 1. The van der Waals surface area contributed by atoms with Gasteiger partial charge in [0.1, 0.15) is 18.0 Å². The molecule has 0 spiro atoms. The van der Waals surface area contributed by atoms with Crippen molar-refractivity contribution in [2.24, 2.45) is 0 Å². The Bertz CT molecular complexity index is 561. The van der Waals surface area contributed by atoms with Crippen LogP contribution in [0.4, 0.5) is 10.2 Å². The Morgan fingerprint density at radius 2 is 2.29 bits per heavy atom. The zero-order chi connectivity index (χ0) is 15.8. The van der Waals surface area contributed by atoms with Gasteiger partial charge in [0.25, 0.3) is 0 Å². The van der Waals surface area contributed by atoms with Gasteiger partial charge in [0.2, 0.25) is 0 Å². The number of hydrogen-bond donors (Lipinski definition) is 3. The number of halogens is 1. The van der Waals surface area contributed by atoms with E-state index in [9.17, 15) is 14.3 Å². The van der Waals surface area contributed by atoms with Crippen molar-refractivity contribution in [3.63, 3.8) is 0 Å². The number of nitrogens with one attached hydrogen (secondary N) is 1. The lowest BCUT2D eigenvalue weighted by Crippen LogP contribution is -2.42. The van der Waals surface area contributed by atoms with Crippen LogP contribution < -0.4 is 11.0 Å². The molecule has 2 rings (SSSR count). The highest BCUT2D eigenvalue weighted by molar-refractivity contribution is 5.32. The number of rotatable bonds is 4. The van der Waals surface area contributed by atoms with Crippen LogP contribution in [0.3, 0.4) is 0 Å². The van der Waals surface area contributed by atoms with Gasteiger partial charge >= 0.3 is 5.69 Å². The van der Waals surface area contributed by atoms with Crippen molar-refractivity contribution < 1.29 is 19.3 Å². The molecule has 0 saturated carbocycles. The molecule has 1 saturated heterocycles. The Morgan fingerprint density at radius 1 is 1.62 bits per heavy atom. The Balaban J connectivity index is 2.32. The van der Waals surface area contributed by atoms with E-state index in [1.54, 1.807) is 0 Å². The van der Waals surface area contributed by atoms with Crippen molar-refractivity contribution in [3.05, 3.63) is 22.7 Å². The molecular formula is C13H20FN3O4. The third-order valence-corrected chi connectivity index (χ3v) is 3.42. The van der Waals surface area contributed by atoms with Gasteiger partial charge in [-0.25, -0.2) is 9.18 Å². The fourth-order valence-corrected chi connectivity index (χ4v) is 2.33. The molecule has 0 aromatic carbocycles. The molecule has 7 nitrogen and oxygen atoms in total. The molecule has 0 radical (unpaired) electrons. The van der Waals surface area contributed by atoms with E-state index in [1.165, 1.54) is 12.3 Å². The van der Waals surface area contributed by atoms with Gasteiger partial charge in [-0.3, -0.25) is 4.57 Å². The highest BCUT2D eigenvalue weighted by Crippen LogP contribution is 2.40. The molecule has 3 N–H and O–H groups in total. The molecule has 0 unspecified atom stereocenters. The minimum absolute atomic E-state index is 0.0995. The summed E-state index contributed by atoms with van der Waals surface area (Å²) in [4.78, 5) is 15.8. The van der Waals surface area contributed by atoms with Crippen molar-refractivity contribution in [2.75, 3.05) is 11.9 Å². The van der Waals surface area contributed by atoms with E-state index < -0.39 is 36.4 Å². The van der Waals surface area contributed by atoms with Gasteiger partial charge in [-0.15, -0.1) is 0 Å². The highest BCUT2D eigenvalue weighted by Gasteiger charge is 2.55. The highest BCUT2D eigenvalue weighted by atomic mass is 19.1. The van der Waals surface area contributed by atoms with Crippen molar-refractivity contribution in [1.29, 1.82) is 0 Å². The van der Waals surface area contributed by atoms with Gasteiger partial charge in [0.15, 0.2) is 11.9 Å². The quantitative estimate of drug-likeness (QED) is 0.727. The molecule has 1 aromatic rings. The summed E-state index contributed by atoms with van der Waals surface area (Å²) in [6.07, 6.45) is -2.58. The number of aromatic nitrogens is 2. The van der Waals surface area contributed by atoms with Crippen LogP contribution in [-0.2, 0) is 4.74 Å². The van der Waals surface area contributed by atoms with E-state index in [4.69, 9.17) is 9.84 Å². The lowest BCUT2D eigenvalue weighted by Gasteiger charge is -2.25. The minimum Gasteiger partial charge on any atom is -0.394 e. The fourth-order valence-electron chi connectivity index (χ4n) is 2.33. The summed E-state index contributed by atoms with van der Waals surface area (Å²) in [5, 5.41) is 21.9. The molecule has 118 valence electrons. The van der Waals surface area contributed by atoms with Gasteiger partial charge in [-0.1, -0.05) is 0 Å². The van der Waals surface area contributed by atoms with Gasteiger partial charge in [-0.2, -0.15) is 4.98 Å². The zero-order valence-corrected chi connectivity index (χ0v) is 12.2. The molecule has 0 aliphatic carbocycles. The van der Waals surface area contributed by atoms with E-state index in [-0.39, 0.29) is 6.04 Å². The molecule has 2 heterocycles. The molecule has 0 amide bonds. The van der Waals surface area contributed by atoms with Gasteiger partial charge < -0.3 is 20.3 Å². The first-order chi connectivity index (χ1) is 9.77. The Morgan fingerprint density at radius 3 is 2.76 bits per heavy atom. The second kappa shape index (κ2) is 5.70. The number of aliphatic hydroxyl groups is 2. The molecule has 0 bridgehead atoms. The van der Waals surface area contributed by atoms with Crippen molar-refractivity contribution in [2.45, 2.75) is 50.9 Å². The summed E-state index contributed by atoms with van der Waals surface area (Å²) in [6.45, 7) is 4.39. The number of hydrogen-bond acceptors (Lipinski definition) is 6. The monoisotopic (exact) mass is 301 g/mol. The topological polar surface area (TPSA) is 96.6 Å². The number of alkyl halides is 1. The number of ether oxygens (including phenoxy) is 1. The maximum atomic E-state index is 14.6. The molecule has 21 heavy (non-hydrogen) atoms. The first-order valence-corrected chi connectivity index (χ1v) is 6.76. The predicted molar refractivity (Wildman–Crippen MR) is 73.8 cm³/mol. The SMILES string of the molecule is CC(C)Nc1ccn([C@@H]2O[C@H](CO)[C@@H](O)[C@@]2(C)F)c(=O)n1. The largest absolute Gasteiger partial charge is 0.394 e. The molecule has 8 heteroatoms. The molecule has 1 aliphatic rings. The van der Waals surface area contributed by atoms with Gasteiger partial charge in [0, 0.05) is 12.2 Å². The van der Waals surface area contributed by atoms with Crippen LogP contribution in [0.25, 0.3) is 0 Å². The standard InChI is InChI=1S/C13H20FN3O4/c1-7(2)15-9-4-5-17(12(20)16-9)11-13(3,14)10(19)8(6-18)21-11/h4-5,7-8,10-11,18-19H,6H2,1-3H3,(H,15,16,20)/t8-,10-,11-,13-/m1/s1. The average molecular weight is 301 g/mol. The Labute approximate surface area is 121 Å². The van der Waals surface area contributed by atoms with Crippen LogP contribution in [0.2, 0.25) is 0 Å². The summed E-state index contributed by atoms with van der Waals surface area (Å²) in [7, 11) is 0. The van der Waals surface area contributed by atoms with E-state index >= 15 is 0 Å². The number of nitrogens with zero attached hydrogens (tertiary/aromatic N) is 2. The van der Waals surface area contributed by atoms with E-state index in [2.05, 4.69) is 10.3 Å². The Hall–Kier alpha value is -1.51. The summed E-state index contributed by atoms with van der Waals surface area (Å²) < 4.78 is 20.8. The predicted octanol–water partition coefficient (Wildman–Crippen LogP) is 0.0424. The van der Waals surface area contributed by atoms with Crippen LogP contribution in [-0.4, -0.2) is 50.3 Å². The Kier molecular flexibility index (Phi) is 4.31. The lowest BCUT2D eigenvalue weighted by molar-refractivity contribution is -0.0610. The van der Waals surface area contributed by atoms with Crippen LogP contribution in [0.5, 0.6) is 0 Å². The third-order valence-electron chi connectivity index (χ3n) is 3.42. The van der Waals surface area contributed by atoms with Crippen LogP contribution in [0, 0.1) is 0 Å². The maximum absolute atomic E-state index is 14.6. The number of aliphatic hydroxyl groups excluding tert-OH is 2. The first-order valence-electron chi connectivity index (χ1n) is 6.76. The third kappa shape index (κ3) is 2.92. The van der Waals surface area contributed by atoms with E-state index in [0.717, 1.165) is 11.5 Å². The maximum Gasteiger partial charge on any atom is 0.351 e. The average Bonchev–Trinajstić information content (AvgIpc) is 2.61. The minimum atomic E-state index is -2.20. The molecule has 1 aliphatic heterocycles. The fraction of sp³-hybridized carbons (Fsp3) is 0.692. The summed E-state index contributed by atoms with van der Waals surface area (Å²) in [5.74, 6) is 0.379. The summed E-state index contributed by atoms with van der Waals surface area (Å²) in [6, 6.07) is 1.63. The van der Waals surface area contributed by atoms with Crippen LogP contribution in [0.15, 0.2) is 17.1 Å². The van der Waals surface area contributed by atoms with Crippen molar-refractivity contribution in [1.82, 2.24) is 9.55 Å². The second-order valence-corrected chi connectivity index (χ2v) is 5.61. The summed E-state index contributed by atoms with van der Waals surface area (Å²) >= 11 is 0. The van der Waals surface area contributed by atoms with Crippen molar-refractivity contribution >= 4 is 5.82 Å². The van der Waals surface area contributed by atoms with Crippen molar-refractivity contribution in [3.8, 4) is 0 Å². The van der Waals surface area contributed by atoms with Crippen LogP contribution >= 0.6 is 0 Å². The van der Waals surface area contributed by atoms with Gasteiger partial charge in [0.05, 0.1) is 6.61 Å². The van der Waals surface area contributed by atoms with Gasteiger partial charge in [-0.05, 0) is 26.8 Å². The second-order valence-electron chi connectivity index (χ2n) is 5.61. The molecule has 4 atom stereocenters. The molecular weight excluding hydrogens is 281 g/mol. The first kappa shape index (κ1) is 15.9.